The molecule has 0 saturated heterocycles. The van der Waals surface area contributed by atoms with Crippen molar-refractivity contribution >= 4 is 11.6 Å². The summed E-state index contributed by atoms with van der Waals surface area (Å²) in [5, 5.41) is 2.47. The van der Waals surface area contributed by atoms with E-state index in [0.29, 0.717) is 17.0 Å². The number of ether oxygens (including phenoxy) is 1. The Labute approximate surface area is 136 Å². The Bertz CT molecular complexity index is 904. The molecule has 5 nitrogen and oxygen atoms in total. The number of nitrogens with one attached hydrogen (secondary N) is 2. The molecule has 0 bridgehead atoms. The standard InChI is InChI=1S/C17H13F2N3O2/c1-24-11-7-5-10(6-8-11)14-9-15(23)21-17(20-14)22-16-12(18)3-2-4-13(16)19/h2-9H,1H3,(H2,20,21,22,23). The molecule has 2 N–H and O–H groups in total. The molecule has 0 saturated carbocycles. The van der Waals surface area contributed by atoms with E-state index in [1.54, 1.807) is 31.4 Å². The van der Waals surface area contributed by atoms with Crippen LogP contribution in [0.1, 0.15) is 0 Å². The number of para-hydroxylation sites is 1. The van der Waals surface area contributed by atoms with Gasteiger partial charge in [0.25, 0.3) is 5.56 Å². The van der Waals surface area contributed by atoms with Gasteiger partial charge in [-0.05, 0) is 36.4 Å². The average Bonchev–Trinajstić information content (AvgIpc) is 2.58. The molecule has 0 atom stereocenters. The predicted octanol–water partition coefficient (Wildman–Crippen LogP) is 3.47. The highest BCUT2D eigenvalue weighted by Gasteiger charge is 2.11. The summed E-state index contributed by atoms with van der Waals surface area (Å²) in [5.74, 6) is -0.965. The van der Waals surface area contributed by atoms with Gasteiger partial charge in [-0.25, -0.2) is 13.8 Å². The van der Waals surface area contributed by atoms with Gasteiger partial charge in [0.15, 0.2) is 0 Å². The van der Waals surface area contributed by atoms with Crippen LogP contribution in [0, 0.1) is 11.6 Å². The molecule has 0 aliphatic rings. The lowest BCUT2D eigenvalue weighted by Crippen LogP contribution is -2.11. The van der Waals surface area contributed by atoms with Crippen molar-refractivity contribution < 1.29 is 13.5 Å². The lowest BCUT2D eigenvalue weighted by Gasteiger charge is -2.09. The number of rotatable bonds is 4. The minimum Gasteiger partial charge on any atom is -0.497 e. The summed E-state index contributed by atoms with van der Waals surface area (Å²) in [4.78, 5) is 18.4. The van der Waals surface area contributed by atoms with E-state index in [-0.39, 0.29) is 11.6 Å². The molecule has 3 aromatic rings. The van der Waals surface area contributed by atoms with Gasteiger partial charge in [0.2, 0.25) is 5.95 Å². The Kier molecular flexibility index (Phi) is 4.24. The van der Waals surface area contributed by atoms with Crippen LogP contribution < -0.4 is 15.6 Å². The molecule has 1 heterocycles. The molecule has 0 unspecified atom stereocenters. The van der Waals surface area contributed by atoms with Crippen LogP contribution in [-0.4, -0.2) is 17.1 Å². The van der Waals surface area contributed by atoms with E-state index in [9.17, 15) is 13.6 Å². The van der Waals surface area contributed by atoms with Crippen molar-refractivity contribution in [2.75, 3.05) is 12.4 Å². The fourth-order valence-electron chi connectivity index (χ4n) is 2.16. The van der Waals surface area contributed by atoms with Gasteiger partial charge in [0.05, 0.1) is 12.8 Å². The van der Waals surface area contributed by atoms with E-state index in [0.717, 1.165) is 12.1 Å². The molecule has 0 spiro atoms. The lowest BCUT2D eigenvalue weighted by atomic mass is 10.1. The summed E-state index contributed by atoms with van der Waals surface area (Å²) < 4.78 is 32.5. The van der Waals surface area contributed by atoms with Gasteiger partial charge < -0.3 is 10.1 Å². The Balaban J connectivity index is 1.98. The molecule has 0 amide bonds. The van der Waals surface area contributed by atoms with E-state index in [4.69, 9.17) is 4.74 Å². The van der Waals surface area contributed by atoms with Crippen LogP contribution in [0.25, 0.3) is 11.3 Å². The van der Waals surface area contributed by atoms with Crippen LogP contribution >= 0.6 is 0 Å². The number of halogens is 2. The quantitative estimate of drug-likeness (QED) is 0.769. The average molecular weight is 329 g/mol. The third-order valence-electron chi connectivity index (χ3n) is 3.33. The zero-order chi connectivity index (χ0) is 17.1. The van der Waals surface area contributed by atoms with Gasteiger partial charge in [0, 0.05) is 11.6 Å². The van der Waals surface area contributed by atoms with E-state index in [1.807, 2.05) is 0 Å². The normalized spacial score (nSPS) is 10.5. The van der Waals surface area contributed by atoms with Crippen molar-refractivity contribution in [1.82, 2.24) is 9.97 Å². The van der Waals surface area contributed by atoms with Gasteiger partial charge in [-0.15, -0.1) is 0 Å². The van der Waals surface area contributed by atoms with Crippen molar-refractivity contribution in [3.8, 4) is 17.0 Å². The SMILES string of the molecule is COc1ccc(-c2cc(=O)[nH]c(Nc3c(F)cccc3F)n2)cc1. The number of hydrogen-bond donors (Lipinski definition) is 2. The topological polar surface area (TPSA) is 67.0 Å². The molecule has 1 aromatic heterocycles. The second-order valence-corrected chi connectivity index (χ2v) is 4.93. The van der Waals surface area contributed by atoms with Crippen LogP contribution in [0.3, 0.4) is 0 Å². The highest BCUT2D eigenvalue weighted by molar-refractivity contribution is 5.63. The molecule has 24 heavy (non-hydrogen) atoms. The Morgan fingerprint density at radius 1 is 1.08 bits per heavy atom. The van der Waals surface area contributed by atoms with E-state index in [2.05, 4.69) is 15.3 Å². The van der Waals surface area contributed by atoms with Gasteiger partial charge in [-0.1, -0.05) is 6.07 Å². The molecule has 3 rings (SSSR count). The minimum atomic E-state index is -0.785. The third kappa shape index (κ3) is 3.24. The van der Waals surface area contributed by atoms with Gasteiger partial charge >= 0.3 is 0 Å². The summed E-state index contributed by atoms with van der Waals surface area (Å²) in [5.41, 5.74) is 0.196. The molecule has 0 fully saturated rings. The molecular formula is C17H13F2N3O2. The number of anilines is 2. The Morgan fingerprint density at radius 3 is 2.38 bits per heavy atom. The van der Waals surface area contributed by atoms with Crippen molar-refractivity contribution in [1.29, 1.82) is 0 Å². The van der Waals surface area contributed by atoms with Crippen LogP contribution in [0.2, 0.25) is 0 Å². The molecular weight excluding hydrogens is 316 g/mol. The van der Waals surface area contributed by atoms with E-state index < -0.39 is 17.2 Å². The smallest absolute Gasteiger partial charge is 0.252 e. The lowest BCUT2D eigenvalue weighted by molar-refractivity contribution is 0.415. The maximum absolute atomic E-state index is 13.7. The number of hydrogen-bond acceptors (Lipinski definition) is 4. The first-order valence-electron chi connectivity index (χ1n) is 7.03. The number of H-pyrrole nitrogens is 1. The number of nitrogens with zero attached hydrogens (tertiary/aromatic N) is 1. The molecule has 0 aliphatic carbocycles. The second kappa shape index (κ2) is 6.49. The highest BCUT2D eigenvalue weighted by Crippen LogP contribution is 2.23. The largest absolute Gasteiger partial charge is 0.497 e. The number of benzene rings is 2. The fourth-order valence-corrected chi connectivity index (χ4v) is 2.16. The van der Waals surface area contributed by atoms with E-state index >= 15 is 0 Å². The second-order valence-electron chi connectivity index (χ2n) is 4.93. The first kappa shape index (κ1) is 15.7. The summed E-state index contributed by atoms with van der Waals surface area (Å²) in [6, 6.07) is 11.7. The molecule has 0 aliphatic heterocycles. The zero-order valence-corrected chi connectivity index (χ0v) is 12.6. The van der Waals surface area contributed by atoms with Crippen LogP contribution in [0.4, 0.5) is 20.4 Å². The van der Waals surface area contributed by atoms with Crippen molar-refractivity contribution in [3.05, 3.63) is 70.5 Å². The third-order valence-corrected chi connectivity index (χ3v) is 3.33. The molecule has 122 valence electrons. The summed E-state index contributed by atoms with van der Waals surface area (Å²) in [7, 11) is 1.55. The van der Waals surface area contributed by atoms with Gasteiger partial charge in [-0.3, -0.25) is 9.78 Å². The predicted molar refractivity (Wildman–Crippen MR) is 86.5 cm³/mol. The van der Waals surface area contributed by atoms with Crippen molar-refractivity contribution in [2.24, 2.45) is 0 Å². The zero-order valence-electron chi connectivity index (χ0n) is 12.6. The molecule has 7 heteroatoms. The summed E-state index contributed by atoms with van der Waals surface area (Å²) >= 11 is 0. The van der Waals surface area contributed by atoms with Gasteiger partial charge in [0.1, 0.15) is 23.1 Å². The van der Waals surface area contributed by atoms with E-state index in [1.165, 1.54) is 12.1 Å². The first-order chi connectivity index (χ1) is 11.6. The minimum absolute atomic E-state index is 0.0580. The van der Waals surface area contributed by atoms with Crippen LogP contribution in [0.5, 0.6) is 5.75 Å². The van der Waals surface area contributed by atoms with Crippen molar-refractivity contribution in [3.63, 3.8) is 0 Å². The number of aromatic nitrogens is 2. The first-order valence-corrected chi connectivity index (χ1v) is 7.03. The summed E-state index contributed by atoms with van der Waals surface area (Å²) in [6.45, 7) is 0. The van der Waals surface area contributed by atoms with Crippen LogP contribution in [0.15, 0.2) is 53.3 Å². The molecule has 0 radical (unpaired) electrons. The monoisotopic (exact) mass is 329 g/mol. The number of methoxy groups -OCH3 is 1. The highest BCUT2D eigenvalue weighted by atomic mass is 19.1. The van der Waals surface area contributed by atoms with Crippen molar-refractivity contribution in [2.45, 2.75) is 0 Å². The Morgan fingerprint density at radius 2 is 1.75 bits per heavy atom. The van der Waals surface area contributed by atoms with Gasteiger partial charge in [-0.2, -0.15) is 0 Å². The fraction of sp³-hybridized carbons (Fsp3) is 0.0588. The number of aromatic amines is 1. The maximum Gasteiger partial charge on any atom is 0.252 e. The van der Waals surface area contributed by atoms with Crippen LogP contribution in [-0.2, 0) is 0 Å². The Hall–Kier alpha value is -3.22. The maximum atomic E-state index is 13.7. The summed E-state index contributed by atoms with van der Waals surface area (Å²) in [6.07, 6.45) is 0. The molecule has 2 aromatic carbocycles.